The summed E-state index contributed by atoms with van der Waals surface area (Å²) in [4.78, 5) is 10.1. The normalized spacial score (nSPS) is 23.9. The van der Waals surface area contributed by atoms with Crippen molar-refractivity contribution in [3.63, 3.8) is 0 Å². The van der Waals surface area contributed by atoms with E-state index in [9.17, 15) is 18.0 Å². The van der Waals surface area contributed by atoms with Crippen LogP contribution in [-0.4, -0.2) is 22.3 Å². The summed E-state index contributed by atoms with van der Waals surface area (Å²) in [5.74, 6) is -0.312. The third kappa shape index (κ3) is 1.85. The van der Waals surface area contributed by atoms with Gasteiger partial charge < -0.3 is 0 Å². The van der Waals surface area contributed by atoms with Crippen molar-refractivity contribution in [1.29, 1.82) is 0 Å². The molecule has 6 heteroatoms. The van der Waals surface area contributed by atoms with Crippen molar-refractivity contribution < 1.29 is 18.0 Å². The molecule has 0 aromatic rings. The number of carbonyl (C=O) groups excluding carboxylic acids is 1. The average molecular weight is 183 g/mol. The SMILES string of the molecule is O=C=S1C=CN(C(F)(F)F)C1. The van der Waals surface area contributed by atoms with Crippen molar-refractivity contribution in [1.82, 2.24) is 4.90 Å². The topological polar surface area (TPSA) is 20.3 Å². The minimum absolute atomic E-state index is 0.168. The lowest BCUT2D eigenvalue weighted by Crippen LogP contribution is -2.30. The van der Waals surface area contributed by atoms with Crippen molar-refractivity contribution in [2.45, 2.75) is 6.30 Å². The Labute approximate surface area is 63.2 Å². The Balaban J connectivity index is 2.72. The van der Waals surface area contributed by atoms with E-state index < -0.39 is 16.8 Å². The van der Waals surface area contributed by atoms with Crippen LogP contribution in [0.2, 0.25) is 0 Å². The Morgan fingerprint density at radius 2 is 2.18 bits per heavy atom. The smallest absolute Gasteiger partial charge is 0.280 e. The Bertz CT molecular complexity index is 241. The van der Waals surface area contributed by atoms with Crippen LogP contribution in [0.15, 0.2) is 11.6 Å². The zero-order valence-corrected chi connectivity index (χ0v) is 6.08. The molecule has 0 bridgehead atoms. The third-order valence-electron chi connectivity index (χ3n) is 1.12. The summed E-state index contributed by atoms with van der Waals surface area (Å²) in [6.45, 7) is 0. The largest absolute Gasteiger partial charge is 0.485 e. The molecule has 1 aliphatic rings. The zero-order valence-electron chi connectivity index (χ0n) is 5.26. The van der Waals surface area contributed by atoms with Crippen LogP contribution in [-0.2, 0) is 4.79 Å². The van der Waals surface area contributed by atoms with Crippen LogP contribution >= 0.6 is 10.5 Å². The van der Waals surface area contributed by atoms with Crippen molar-refractivity contribution in [2.75, 3.05) is 5.88 Å². The molecule has 0 saturated carbocycles. The molecule has 0 N–H and O–H groups in total. The van der Waals surface area contributed by atoms with Gasteiger partial charge in [0.05, 0.1) is 5.88 Å². The highest BCUT2D eigenvalue weighted by Crippen LogP contribution is 2.31. The number of nitrogens with zero attached hydrogens (tertiary/aromatic N) is 1. The van der Waals surface area contributed by atoms with Gasteiger partial charge in [-0.2, -0.15) is 13.2 Å². The van der Waals surface area contributed by atoms with Gasteiger partial charge in [-0.1, -0.05) is 10.5 Å². The molecule has 0 amide bonds. The molecule has 1 rings (SSSR count). The van der Waals surface area contributed by atoms with Gasteiger partial charge in [-0.25, -0.2) is 4.79 Å². The second kappa shape index (κ2) is 2.71. The lowest BCUT2D eigenvalue weighted by atomic mass is 10.8. The maximum Gasteiger partial charge on any atom is 0.485 e. The van der Waals surface area contributed by atoms with Crippen molar-refractivity contribution in [3.8, 4) is 0 Å². The molecule has 62 valence electrons. The molecule has 2 nitrogen and oxygen atoms in total. The second-order valence-corrected chi connectivity index (χ2v) is 3.42. The van der Waals surface area contributed by atoms with Crippen LogP contribution in [0.5, 0.6) is 0 Å². The first-order valence-electron chi connectivity index (χ1n) is 2.63. The fourth-order valence-electron chi connectivity index (χ4n) is 0.595. The summed E-state index contributed by atoms with van der Waals surface area (Å²) in [6, 6.07) is 0. The second-order valence-electron chi connectivity index (χ2n) is 1.86. The van der Waals surface area contributed by atoms with Gasteiger partial charge in [0.2, 0.25) is 0 Å². The average Bonchev–Trinajstić information content (AvgIpc) is 2.32. The highest BCUT2D eigenvalue weighted by molar-refractivity contribution is 8.17. The van der Waals surface area contributed by atoms with Gasteiger partial charge in [0.1, 0.15) is 0 Å². The lowest BCUT2D eigenvalue weighted by Gasteiger charge is -2.17. The molecular formula is C5H4F3NOS. The molecule has 0 saturated heterocycles. The summed E-state index contributed by atoms with van der Waals surface area (Å²) in [7, 11) is -0.991. The minimum atomic E-state index is -4.37. The van der Waals surface area contributed by atoms with E-state index in [1.54, 1.807) is 0 Å². The van der Waals surface area contributed by atoms with Gasteiger partial charge >= 0.3 is 6.30 Å². The van der Waals surface area contributed by atoms with Crippen LogP contribution in [0.25, 0.3) is 0 Å². The Hall–Kier alpha value is -0.740. The van der Waals surface area contributed by atoms with E-state index >= 15 is 0 Å². The highest BCUT2D eigenvalue weighted by Gasteiger charge is 2.37. The number of rotatable bonds is 0. The molecule has 0 spiro atoms. The fourth-order valence-corrected chi connectivity index (χ4v) is 1.61. The Morgan fingerprint density at radius 3 is 2.45 bits per heavy atom. The molecular weight excluding hydrogens is 179 g/mol. The molecule has 0 radical (unpaired) electrons. The number of hydrogen-bond donors (Lipinski definition) is 0. The van der Waals surface area contributed by atoms with Crippen LogP contribution < -0.4 is 0 Å². The van der Waals surface area contributed by atoms with Gasteiger partial charge in [0.15, 0.2) is 5.23 Å². The molecule has 1 unspecified atom stereocenters. The molecule has 1 atom stereocenters. The van der Waals surface area contributed by atoms with Crippen molar-refractivity contribution >= 4 is 15.7 Å². The molecule has 1 heterocycles. The van der Waals surface area contributed by atoms with Gasteiger partial charge in [0.25, 0.3) is 0 Å². The summed E-state index contributed by atoms with van der Waals surface area (Å²) in [5.41, 5.74) is 0. The van der Waals surface area contributed by atoms with E-state index in [1.165, 1.54) is 10.6 Å². The van der Waals surface area contributed by atoms with E-state index in [-0.39, 0.29) is 10.8 Å². The maximum absolute atomic E-state index is 11.8. The van der Waals surface area contributed by atoms with Gasteiger partial charge in [-0.3, -0.25) is 4.90 Å². The van der Waals surface area contributed by atoms with Crippen LogP contribution in [0, 0.1) is 0 Å². The van der Waals surface area contributed by atoms with Gasteiger partial charge in [-0.05, 0) is 5.41 Å². The first-order chi connectivity index (χ1) is 5.04. The zero-order chi connectivity index (χ0) is 8.48. The van der Waals surface area contributed by atoms with E-state index in [0.29, 0.717) is 0 Å². The highest BCUT2D eigenvalue weighted by atomic mass is 32.2. The number of alkyl halides is 3. The Morgan fingerprint density at radius 1 is 1.55 bits per heavy atom. The van der Waals surface area contributed by atoms with Crippen LogP contribution in [0.1, 0.15) is 0 Å². The first-order valence-corrected chi connectivity index (χ1v) is 4.09. The molecule has 1 aliphatic heterocycles. The minimum Gasteiger partial charge on any atom is -0.280 e. The molecule has 0 fully saturated rings. The van der Waals surface area contributed by atoms with Crippen molar-refractivity contribution in [2.24, 2.45) is 0 Å². The van der Waals surface area contributed by atoms with Crippen LogP contribution in [0.4, 0.5) is 13.2 Å². The Kier molecular flexibility index (Phi) is 2.06. The van der Waals surface area contributed by atoms with Crippen molar-refractivity contribution in [3.05, 3.63) is 11.6 Å². The fraction of sp³-hybridized carbons (Fsp3) is 0.400. The number of hydrogen-bond acceptors (Lipinski definition) is 2. The van der Waals surface area contributed by atoms with E-state index in [1.807, 2.05) is 0 Å². The monoisotopic (exact) mass is 183 g/mol. The standard InChI is InChI=1S/C5H4F3NOS/c6-5(7,8)9-1-2-11(3-9)4-10/h1-2H,3H2. The molecule has 11 heavy (non-hydrogen) atoms. The quantitative estimate of drug-likeness (QED) is 0.420. The summed E-state index contributed by atoms with van der Waals surface area (Å²) in [5, 5.41) is 2.72. The summed E-state index contributed by atoms with van der Waals surface area (Å²) in [6.07, 6.45) is -3.50. The van der Waals surface area contributed by atoms with E-state index in [4.69, 9.17) is 0 Å². The van der Waals surface area contributed by atoms with Crippen LogP contribution in [0.3, 0.4) is 0 Å². The third-order valence-corrected chi connectivity index (χ3v) is 2.34. The molecule has 0 aromatic heterocycles. The maximum atomic E-state index is 11.8. The summed E-state index contributed by atoms with van der Waals surface area (Å²) < 4.78 is 35.5. The molecule has 0 aromatic carbocycles. The van der Waals surface area contributed by atoms with E-state index in [0.717, 1.165) is 6.20 Å². The number of halogens is 3. The molecule has 0 aliphatic carbocycles. The predicted octanol–water partition coefficient (Wildman–Crippen LogP) is 1.59. The van der Waals surface area contributed by atoms with Gasteiger partial charge in [-0.15, -0.1) is 0 Å². The first kappa shape index (κ1) is 8.36. The predicted molar refractivity (Wildman–Crippen MR) is 35.2 cm³/mol. The van der Waals surface area contributed by atoms with Gasteiger partial charge in [0, 0.05) is 6.20 Å². The summed E-state index contributed by atoms with van der Waals surface area (Å²) >= 11 is 0. The lowest BCUT2D eigenvalue weighted by molar-refractivity contribution is -0.220. The van der Waals surface area contributed by atoms with E-state index in [2.05, 4.69) is 0 Å².